The molecule has 1 heterocycles. The Morgan fingerprint density at radius 3 is 2.46 bits per heavy atom. The van der Waals surface area contributed by atoms with Crippen molar-refractivity contribution in [3.05, 3.63) is 29.6 Å². The Balaban J connectivity index is 2.63. The third kappa shape index (κ3) is 5.92. The van der Waals surface area contributed by atoms with Crippen LogP contribution in [0.5, 0.6) is 0 Å². The number of carbonyl (C=O) groups excluding carboxylic acids is 2. The molecule has 0 radical (unpaired) electrons. The third-order valence-corrected chi connectivity index (χ3v) is 4.16. The molecule has 0 saturated heterocycles. The van der Waals surface area contributed by atoms with Crippen LogP contribution in [0.15, 0.2) is 18.5 Å². The molecule has 1 rings (SSSR count). The van der Waals surface area contributed by atoms with Gasteiger partial charge in [0.15, 0.2) is 0 Å². The van der Waals surface area contributed by atoms with E-state index >= 15 is 0 Å². The highest BCUT2D eigenvalue weighted by Gasteiger charge is 2.24. The molecule has 0 aliphatic carbocycles. The number of pyridine rings is 1. The number of aliphatic hydroxyl groups is 1. The van der Waals surface area contributed by atoms with Gasteiger partial charge in [0, 0.05) is 25.0 Å². The number of hydrogen-bond donors (Lipinski definition) is 3. The van der Waals surface area contributed by atoms with Crippen molar-refractivity contribution in [1.82, 2.24) is 15.6 Å². The van der Waals surface area contributed by atoms with E-state index in [1.165, 1.54) is 6.20 Å². The monoisotopic (exact) mass is 335 g/mol. The van der Waals surface area contributed by atoms with E-state index in [9.17, 15) is 14.7 Å². The third-order valence-electron chi connectivity index (χ3n) is 4.16. The van der Waals surface area contributed by atoms with Crippen molar-refractivity contribution in [2.45, 2.75) is 53.2 Å². The van der Waals surface area contributed by atoms with Crippen molar-refractivity contribution < 1.29 is 14.7 Å². The van der Waals surface area contributed by atoms with Crippen molar-refractivity contribution in [3.63, 3.8) is 0 Å². The Bertz CT molecular complexity index is 560. The maximum absolute atomic E-state index is 12.2. The molecular weight excluding hydrogens is 306 g/mol. The lowest BCUT2D eigenvalue weighted by molar-refractivity contribution is -0.128. The molecule has 0 spiro atoms. The Hall–Kier alpha value is -1.95. The van der Waals surface area contributed by atoms with Crippen LogP contribution in [-0.2, 0) is 4.79 Å². The first-order valence-electron chi connectivity index (χ1n) is 8.44. The second-order valence-corrected chi connectivity index (χ2v) is 6.58. The molecule has 1 aromatic heterocycles. The van der Waals surface area contributed by atoms with Crippen molar-refractivity contribution in [1.29, 1.82) is 0 Å². The van der Waals surface area contributed by atoms with Gasteiger partial charge in [-0.05, 0) is 30.9 Å². The molecule has 0 aliphatic rings. The van der Waals surface area contributed by atoms with Gasteiger partial charge in [-0.3, -0.25) is 14.6 Å². The van der Waals surface area contributed by atoms with Gasteiger partial charge in [-0.1, -0.05) is 27.7 Å². The smallest absolute Gasteiger partial charge is 0.252 e. The number of nitrogens with one attached hydrogen (secondary N) is 2. The summed E-state index contributed by atoms with van der Waals surface area (Å²) in [7, 11) is 0. The lowest BCUT2D eigenvalue weighted by Gasteiger charge is -2.26. The molecule has 0 saturated carbocycles. The summed E-state index contributed by atoms with van der Waals surface area (Å²) in [6, 6.07) is 1.57. The first-order chi connectivity index (χ1) is 11.3. The molecule has 3 N–H and O–H groups in total. The van der Waals surface area contributed by atoms with Gasteiger partial charge in [0.1, 0.15) is 0 Å². The first kappa shape index (κ1) is 20.1. The number of amides is 2. The first-order valence-corrected chi connectivity index (χ1v) is 8.44. The number of hydrogen-bond acceptors (Lipinski definition) is 4. The SMILES string of the molecule is CC[C@@H](O)[C@H](C)C(=O)NC(CNC(=O)c1cncc(C)c1)C(C)C. The second-order valence-electron chi connectivity index (χ2n) is 6.58. The molecule has 6 heteroatoms. The summed E-state index contributed by atoms with van der Waals surface area (Å²) >= 11 is 0. The van der Waals surface area contributed by atoms with Crippen molar-refractivity contribution >= 4 is 11.8 Å². The highest BCUT2D eigenvalue weighted by Crippen LogP contribution is 2.09. The van der Waals surface area contributed by atoms with Crippen LogP contribution >= 0.6 is 0 Å². The average Bonchev–Trinajstić information content (AvgIpc) is 2.56. The van der Waals surface area contributed by atoms with E-state index in [-0.39, 0.29) is 23.8 Å². The Kier molecular flexibility index (Phi) is 7.85. The summed E-state index contributed by atoms with van der Waals surface area (Å²) in [6.45, 7) is 9.70. The van der Waals surface area contributed by atoms with Crippen LogP contribution in [0, 0.1) is 18.8 Å². The molecule has 0 bridgehead atoms. The number of aromatic nitrogens is 1. The van der Waals surface area contributed by atoms with Gasteiger partial charge in [0.25, 0.3) is 5.91 Å². The molecule has 3 atom stereocenters. The van der Waals surface area contributed by atoms with Crippen LogP contribution in [0.2, 0.25) is 0 Å². The fourth-order valence-electron chi connectivity index (χ4n) is 2.28. The van der Waals surface area contributed by atoms with Crippen LogP contribution < -0.4 is 10.6 Å². The number of aliphatic hydroxyl groups excluding tert-OH is 1. The molecule has 0 fully saturated rings. The minimum absolute atomic E-state index is 0.149. The van der Waals surface area contributed by atoms with E-state index in [1.807, 2.05) is 27.7 Å². The number of carbonyl (C=O) groups is 2. The number of nitrogens with zero attached hydrogens (tertiary/aromatic N) is 1. The van der Waals surface area contributed by atoms with Crippen molar-refractivity contribution in [3.8, 4) is 0 Å². The average molecular weight is 335 g/mol. The molecule has 1 aromatic rings. The molecule has 134 valence electrons. The van der Waals surface area contributed by atoms with E-state index in [4.69, 9.17) is 0 Å². The van der Waals surface area contributed by atoms with Crippen molar-refractivity contribution in [2.24, 2.45) is 11.8 Å². The van der Waals surface area contributed by atoms with Gasteiger partial charge in [-0.15, -0.1) is 0 Å². The van der Waals surface area contributed by atoms with Gasteiger partial charge < -0.3 is 15.7 Å². The van der Waals surface area contributed by atoms with E-state index in [0.717, 1.165) is 5.56 Å². The molecule has 2 amide bonds. The minimum atomic E-state index is -0.661. The predicted molar refractivity (Wildman–Crippen MR) is 93.5 cm³/mol. The van der Waals surface area contributed by atoms with Crippen LogP contribution in [-0.4, -0.2) is 40.6 Å². The topological polar surface area (TPSA) is 91.3 Å². The normalized spacial score (nSPS) is 14.8. The second kappa shape index (κ2) is 9.37. The lowest BCUT2D eigenvalue weighted by Crippen LogP contribution is -2.49. The number of aryl methyl sites for hydroxylation is 1. The Morgan fingerprint density at radius 1 is 1.25 bits per heavy atom. The van der Waals surface area contributed by atoms with E-state index < -0.39 is 12.0 Å². The van der Waals surface area contributed by atoms with E-state index in [1.54, 1.807) is 19.2 Å². The van der Waals surface area contributed by atoms with Gasteiger partial charge in [0.2, 0.25) is 5.91 Å². The fourth-order valence-corrected chi connectivity index (χ4v) is 2.28. The van der Waals surface area contributed by atoms with Crippen LogP contribution in [0.3, 0.4) is 0 Å². The Morgan fingerprint density at radius 2 is 1.92 bits per heavy atom. The zero-order valence-corrected chi connectivity index (χ0v) is 15.2. The maximum atomic E-state index is 12.2. The molecule has 1 unspecified atom stereocenters. The van der Waals surface area contributed by atoms with E-state index in [0.29, 0.717) is 18.5 Å². The predicted octanol–water partition coefficient (Wildman–Crippen LogP) is 1.67. The largest absolute Gasteiger partial charge is 0.392 e. The molecule has 0 aromatic carbocycles. The summed E-state index contributed by atoms with van der Waals surface area (Å²) in [4.78, 5) is 28.4. The van der Waals surface area contributed by atoms with Crippen LogP contribution in [0.25, 0.3) is 0 Å². The summed E-state index contributed by atoms with van der Waals surface area (Å²) in [6.07, 6.45) is 3.07. The quantitative estimate of drug-likeness (QED) is 0.674. The van der Waals surface area contributed by atoms with Gasteiger partial charge in [-0.2, -0.15) is 0 Å². The van der Waals surface area contributed by atoms with Crippen molar-refractivity contribution in [2.75, 3.05) is 6.54 Å². The van der Waals surface area contributed by atoms with Gasteiger partial charge in [0.05, 0.1) is 17.6 Å². The standard InChI is InChI=1S/C18H29N3O3/c1-6-16(22)13(5)17(23)21-15(11(2)3)10-20-18(24)14-7-12(4)8-19-9-14/h7-9,11,13,15-16,22H,6,10H2,1-5H3,(H,20,24)(H,21,23)/t13-,15?,16+/m0/s1. The zero-order chi connectivity index (χ0) is 18.3. The lowest BCUT2D eigenvalue weighted by atomic mass is 9.99. The summed E-state index contributed by atoms with van der Waals surface area (Å²) < 4.78 is 0. The molecular formula is C18H29N3O3. The minimum Gasteiger partial charge on any atom is -0.392 e. The Labute approximate surface area is 144 Å². The summed E-state index contributed by atoms with van der Waals surface area (Å²) in [5.74, 6) is -0.744. The highest BCUT2D eigenvalue weighted by atomic mass is 16.3. The number of rotatable bonds is 8. The summed E-state index contributed by atoms with van der Waals surface area (Å²) in [5.41, 5.74) is 1.41. The fraction of sp³-hybridized carbons (Fsp3) is 0.611. The van der Waals surface area contributed by atoms with Crippen LogP contribution in [0.1, 0.15) is 50.0 Å². The highest BCUT2D eigenvalue weighted by molar-refractivity contribution is 5.94. The van der Waals surface area contributed by atoms with Crippen LogP contribution in [0.4, 0.5) is 0 Å². The van der Waals surface area contributed by atoms with Gasteiger partial charge in [-0.25, -0.2) is 0 Å². The van der Waals surface area contributed by atoms with E-state index in [2.05, 4.69) is 15.6 Å². The maximum Gasteiger partial charge on any atom is 0.252 e. The zero-order valence-electron chi connectivity index (χ0n) is 15.2. The molecule has 0 aliphatic heterocycles. The molecule has 6 nitrogen and oxygen atoms in total. The molecule has 24 heavy (non-hydrogen) atoms. The summed E-state index contributed by atoms with van der Waals surface area (Å²) in [5, 5.41) is 15.6. The van der Waals surface area contributed by atoms with Gasteiger partial charge >= 0.3 is 0 Å².